The Kier molecular flexibility index (Phi) is 5.40. The monoisotopic (exact) mass is 354 g/mol. The number of thiocarbonyl (C=S) groups is 1. The zero-order valence-corrected chi connectivity index (χ0v) is 13.3. The summed E-state index contributed by atoms with van der Waals surface area (Å²) >= 11 is 5.11. The van der Waals surface area contributed by atoms with Gasteiger partial charge in [0, 0.05) is 23.0 Å². The van der Waals surface area contributed by atoms with E-state index in [1.807, 2.05) is 0 Å². The first-order chi connectivity index (χ1) is 11.2. The third kappa shape index (κ3) is 5.54. The van der Waals surface area contributed by atoms with Crippen molar-refractivity contribution in [1.29, 1.82) is 0 Å². The number of Topliss-reactive ketones (excluding diaryl/α,β-unsaturated/α-hetero) is 1. The first kappa shape index (κ1) is 17.7. The van der Waals surface area contributed by atoms with Crippen LogP contribution in [0.4, 0.5) is 24.5 Å². The average molecular weight is 354 g/mol. The van der Waals surface area contributed by atoms with E-state index >= 15 is 0 Å². The number of halogens is 3. The van der Waals surface area contributed by atoms with E-state index in [9.17, 15) is 18.0 Å². The smallest absolute Gasteiger partial charge is 0.406 e. The summed E-state index contributed by atoms with van der Waals surface area (Å²) in [4.78, 5) is 11.3. The second-order valence-electron chi connectivity index (χ2n) is 4.79. The molecule has 0 aromatic heterocycles. The molecule has 0 radical (unpaired) electrons. The van der Waals surface area contributed by atoms with E-state index in [4.69, 9.17) is 12.2 Å². The van der Waals surface area contributed by atoms with E-state index in [1.165, 1.54) is 25.1 Å². The molecule has 0 atom stereocenters. The van der Waals surface area contributed by atoms with Crippen LogP contribution in [-0.2, 0) is 0 Å². The van der Waals surface area contributed by atoms with Gasteiger partial charge in [-0.25, -0.2) is 0 Å². The van der Waals surface area contributed by atoms with E-state index in [0.29, 0.717) is 16.9 Å². The summed E-state index contributed by atoms with van der Waals surface area (Å²) in [6, 6.07) is 12.0. The highest BCUT2D eigenvalue weighted by Gasteiger charge is 2.31. The minimum absolute atomic E-state index is 0.0884. The lowest BCUT2D eigenvalue weighted by molar-refractivity contribution is -0.274. The number of hydrogen-bond acceptors (Lipinski definition) is 3. The standard InChI is InChI=1S/C16H13F3N2O2S/c1-10(22)11-4-2-5-12(8-11)20-15(24)21-13-6-3-7-14(9-13)23-16(17,18)19/h2-9H,1H3,(H2,20,21,24). The SMILES string of the molecule is CC(=O)c1cccc(NC(=S)Nc2cccc(OC(F)(F)F)c2)c1. The number of anilines is 2. The number of carbonyl (C=O) groups excluding carboxylic acids is 1. The van der Waals surface area contributed by atoms with Gasteiger partial charge in [0.15, 0.2) is 10.9 Å². The molecule has 0 spiro atoms. The first-order valence-electron chi connectivity index (χ1n) is 6.78. The Morgan fingerprint density at radius 2 is 1.62 bits per heavy atom. The van der Waals surface area contributed by atoms with Gasteiger partial charge in [0.1, 0.15) is 5.75 Å². The van der Waals surface area contributed by atoms with Gasteiger partial charge in [-0.05, 0) is 43.4 Å². The third-order valence-corrected chi connectivity index (χ3v) is 3.06. The molecule has 0 saturated carbocycles. The van der Waals surface area contributed by atoms with Crippen molar-refractivity contribution in [3.63, 3.8) is 0 Å². The lowest BCUT2D eigenvalue weighted by Gasteiger charge is -2.13. The van der Waals surface area contributed by atoms with Gasteiger partial charge < -0.3 is 15.4 Å². The molecule has 24 heavy (non-hydrogen) atoms. The summed E-state index contributed by atoms with van der Waals surface area (Å²) in [7, 11) is 0. The zero-order chi connectivity index (χ0) is 17.7. The lowest BCUT2D eigenvalue weighted by atomic mass is 10.1. The van der Waals surface area contributed by atoms with E-state index in [0.717, 1.165) is 0 Å². The maximum atomic E-state index is 12.2. The van der Waals surface area contributed by atoms with Crippen LogP contribution in [0.1, 0.15) is 17.3 Å². The molecule has 2 aromatic rings. The van der Waals surface area contributed by atoms with E-state index in [2.05, 4.69) is 15.4 Å². The molecule has 2 rings (SSSR count). The van der Waals surface area contributed by atoms with E-state index < -0.39 is 6.36 Å². The molecular formula is C16H13F3N2O2S. The van der Waals surface area contributed by atoms with Crippen LogP contribution in [0.5, 0.6) is 5.75 Å². The Balaban J connectivity index is 2.03. The topological polar surface area (TPSA) is 50.4 Å². The molecule has 0 aliphatic carbocycles. The summed E-state index contributed by atoms with van der Waals surface area (Å²) in [6.45, 7) is 1.45. The molecule has 0 bridgehead atoms. The molecule has 2 aromatic carbocycles. The Hall–Kier alpha value is -2.61. The van der Waals surface area contributed by atoms with Crippen LogP contribution in [0, 0.1) is 0 Å². The van der Waals surface area contributed by atoms with Gasteiger partial charge in [-0.3, -0.25) is 4.79 Å². The molecule has 0 heterocycles. The quantitative estimate of drug-likeness (QED) is 0.621. The second-order valence-corrected chi connectivity index (χ2v) is 5.20. The fraction of sp³-hybridized carbons (Fsp3) is 0.125. The highest BCUT2D eigenvalue weighted by molar-refractivity contribution is 7.80. The Labute approximate surface area is 141 Å². The molecule has 0 aliphatic heterocycles. The molecule has 4 nitrogen and oxygen atoms in total. The number of nitrogens with one attached hydrogen (secondary N) is 2. The van der Waals surface area contributed by atoms with Crippen molar-refractivity contribution >= 4 is 34.5 Å². The molecule has 2 N–H and O–H groups in total. The van der Waals surface area contributed by atoms with Gasteiger partial charge in [-0.2, -0.15) is 0 Å². The van der Waals surface area contributed by atoms with Crippen LogP contribution in [0.3, 0.4) is 0 Å². The largest absolute Gasteiger partial charge is 0.573 e. The summed E-state index contributed by atoms with van der Waals surface area (Å²) in [5.74, 6) is -0.441. The fourth-order valence-corrected chi connectivity index (χ4v) is 2.12. The van der Waals surface area contributed by atoms with Crippen LogP contribution >= 0.6 is 12.2 Å². The number of ether oxygens (including phenoxy) is 1. The molecule has 0 unspecified atom stereocenters. The number of alkyl halides is 3. The summed E-state index contributed by atoms with van der Waals surface area (Å²) in [6.07, 6.45) is -4.76. The Morgan fingerprint density at radius 3 is 2.21 bits per heavy atom. The maximum absolute atomic E-state index is 12.2. The van der Waals surface area contributed by atoms with Crippen LogP contribution in [0.2, 0.25) is 0 Å². The van der Waals surface area contributed by atoms with Crippen molar-refractivity contribution in [2.75, 3.05) is 10.6 Å². The van der Waals surface area contributed by atoms with Crippen LogP contribution < -0.4 is 15.4 Å². The molecule has 126 valence electrons. The van der Waals surface area contributed by atoms with Crippen molar-refractivity contribution in [2.45, 2.75) is 13.3 Å². The lowest BCUT2D eigenvalue weighted by Crippen LogP contribution is -2.20. The maximum Gasteiger partial charge on any atom is 0.573 e. The molecule has 0 amide bonds. The highest BCUT2D eigenvalue weighted by atomic mass is 32.1. The fourth-order valence-electron chi connectivity index (χ4n) is 1.88. The summed E-state index contributed by atoms with van der Waals surface area (Å²) < 4.78 is 40.5. The normalized spacial score (nSPS) is 10.8. The number of benzene rings is 2. The van der Waals surface area contributed by atoms with Crippen LogP contribution in [0.25, 0.3) is 0 Å². The molecular weight excluding hydrogens is 341 g/mol. The van der Waals surface area contributed by atoms with Gasteiger partial charge in [0.2, 0.25) is 0 Å². The Bertz CT molecular complexity index is 763. The average Bonchev–Trinajstić information content (AvgIpc) is 2.45. The number of rotatable bonds is 4. The van der Waals surface area contributed by atoms with E-state index in [-0.39, 0.29) is 16.6 Å². The highest BCUT2D eigenvalue weighted by Crippen LogP contribution is 2.25. The summed E-state index contributed by atoms with van der Waals surface area (Å²) in [5, 5.41) is 5.78. The van der Waals surface area contributed by atoms with Gasteiger partial charge in [0.25, 0.3) is 0 Å². The van der Waals surface area contributed by atoms with Crippen molar-refractivity contribution in [1.82, 2.24) is 0 Å². The van der Waals surface area contributed by atoms with Gasteiger partial charge >= 0.3 is 6.36 Å². The van der Waals surface area contributed by atoms with Gasteiger partial charge in [0.05, 0.1) is 0 Å². The third-order valence-electron chi connectivity index (χ3n) is 2.85. The summed E-state index contributed by atoms with van der Waals surface area (Å²) in [5.41, 5.74) is 1.43. The van der Waals surface area contributed by atoms with Crippen molar-refractivity contribution in [3.05, 3.63) is 54.1 Å². The van der Waals surface area contributed by atoms with Crippen LogP contribution in [-0.4, -0.2) is 17.3 Å². The van der Waals surface area contributed by atoms with Crippen LogP contribution in [0.15, 0.2) is 48.5 Å². The zero-order valence-electron chi connectivity index (χ0n) is 12.5. The van der Waals surface area contributed by atoms with Crippen molar-refractivity contribution in [3.8, 4) is 5.75 Å². The van der Waals surface area contributed by atoms with Gasteiger partial charge in [-0.15, -0.1) is 13.2 Å². The minimum atomic E-state index is -4.76. The Morgan fingerprint density at radius 1 is 1.04 bits per heavy atom. The van der Waals surface area contributed by atoms with Crippen molar-refractivity contribution < 1.29 is 22.7 Å². The van der Waals surface area contributed by atoms with Gasteiger partial charge in [-0.1, -0.05) is 18.2 Å². The molecule has 0 saturated heterocycles. The van der Waals surface area contributed by atoms with E-state index in [1.54, 1.807) is 30.3 Å². The number of ketones is 1. The molecule has 0 aliphatic rings. The predicted molar refractivity (Wildman–Crippen MR) is 89.4 cm³/mol. The predicted octanol–water partition coefficient (Wildman–Crippen LogP) is 4.60. The molecule has 0 fully saturated rings. The minimum Gasteiger partial charge on any atom is -0.406 e. The first-order valence-corrected chi connectivity index (χ1v) is 7.18. The number of carbonyl (C=O) groups is 1. The second kappa shape index (κ2) is 7.31. The number of hydrogen-bond donors (Lipinski definition) is 2. The van der Waals surface area contributed by atoms with Crippen molar-refractivity contribution in [2.24, 2.45) is 0 Å². The molecule has 8 heteroatoms.